The number of carbonyl (C=O) groups is 4. The lowest BCUT2D eigenvalue weighted by Gasteiger charge is -2.11. The van der Waals surface area contributed by atoms with E-state index in [4.69, 9.17) is 16.3 Å². The number of thioether (sulfide) groups is 1. The summed E-state index contributed by atoms with van der Waals surface area (Å²) in [5.41, 5.74) is 0.597. The Morgan fingerprint density at radius 3 is 2.41 bits per heavy atom. The average Bonchev–Trinajstić information content (AvgIpc) is 2.61. The number of amides is 4. The summed E-state index contributed by atoms with van der Waals surface area (Å²) < 4.78 is 4.75. The van der Waals surface area contributed by atoms with Gasteiger partial charge in [0.2, 0.25) is 5.91 Å². The molecule has 0 aliphatic rings. The van der Waals surface area contributed by atoms with E-state index in [9.17, 15) is 19.2 Å². The van der Waals surface area contributed by atoms with E-state index in [1.807, 2.05) is 6.92 Å². The van der Waals surface area contributed by atoms with Crippen molar-refractivity contribution in [2.75, 3.05) is 23.4 Å². The first-order chi connectivity index (χ1) is 12.8. The van der Waals surface area contributed by atoms with Crippen LogP contribution in [-0.2, 0) is 19.1 Å². The highest BCUT2D eigenvalue weighted by Crippen LogP contribution is 2.13. The third-order valence-corrected chi connectivity index (χ3v) is 4.35. The second-order valence-electron chi connectivity index (χ2n) is 5.54. The van der Waals surface area contributed by atoms with Crippen molar-refractivity contribution in [2.45, 2.75) is 26.3 Å². The standard InChI is InChI=1S/C17H22ClN3O5S/c1-3-11(2)19-17(25)21-14(22)8-26-16(24)10-27-9-15(23)20-13-6-4-12(18)5-7-13/h4-7,11H,3,8-10H2,1-2H3,(H,20,23)(H2,19,21,22,25)/t11-/m1/s1. The number of carbonyl (C=O) groups excluding carboxylic acids is 4. The molecule has 0 saturated heterocycles. The molecule has 148 valence electrons. The summed E-state index contributed by atoms with van der Waals surface area (Å²) in [5, 5.41) is 7.83. The number of halogens is 1. The van der Waals surface area contributed by atoms with Crippen LogP contribution in [0.15, 0.2) is 24.3 Å². The highest BCUT2D eigenvalue weighted by molar-refractivity contribution is 8.00. The summed E-state index contributed by atoms with van der Waals surface area (Å²) in [5.74, 6) is -1.72. The second kappa shape index (κ2) is 12.2. The van der Waals surface area contributed by atoms with Crippen molar-refractivity contribution in [3.05, 3.63) is 29.3 Å². The van der Waals surface area contributed by atoms with Crippen LogP contribution < -0.4 is 16.0 Å². The third-order valence-electron chi connectivity index (χ3n) is 3.19. The Kier molecular flexibility index (Phi) is 10.3. The average molecular weight is 416 g/mol. The molecule has 0 heterocycles. The molecule has 0 bridgehead atoms. The maximum absolute atomic E-state index is 11.8. The van der Waals surface area contributed by atoms with E-state index in [1.54, 1.807) is 31.2 Å². The molecule has 0 spiro atoms. The fraction of sp³-hybridized carbons (Fsp3) is 0.412. The molecule has 1 aromatic carbocycles. The molecule has 1 atom stereocenters. The van der Waals surface area contributed by atoms with Crippen molar-refractivity contribution in [1.82, 2.24) is 10.6 Å². The van der Waals surface area contributed by atoms with Gasteiger partial charge in [0.15, 0.2) is 6.61 Å². The maximum atomic E-state index is 11.8. The molecule has 1 rings (SSSR count). The van der Waals surface area contributed by atoms with E-state index < -0.39 is 24.5 Å². The number of imide groups is 1. The summed E-state index contributed by atoms with van der Waals surface area (Å²) in [6, 6.07) is 5.91. The Balaban J connectivity index is 2.17. The first-order valence-corrected chi connectivity index (χ1v) is 9.72. The quantitative estimate of drug-likeness (QED) is 0.533. The van der Waals surface area contributed by atoms with Gasteiger partial charge < -0.3 is 15.4 Å². The van der Waals surface area contributed by atoms with E-state index in [2.05, 4.69) is 16.0 Å². The lowest BCUT2D eigenvalue weighted by atomic mass is 10.3. The molecule has 0 radical (unpaired) electrons. The molecule has 0 aromatic heterocycles. The van der Waals surface area contributed by atoms with E-state index in [1.165, 1.54) is 0 Å². The number of ether oxygens (including phenoxy) is 1. The molecular formula is C17H22ClN3O5S. The van der Waals surface area contributed by atoms with Gasteiger partial charge in [0.1, 0.15) is 0 Å². The van der Waals surface area contributed by atoms with Gasteiger partial charge in [-0.05, 0) is 37.6 Å². The van der Waals surface area contributed by atoms with Crippen LogP contribution in [0, 0.1) is 0 Å². The van der Waals surface area contributed by atoms with Gasteiger partial charge in [-0.3, -0.25) is 19.7 Å². The number of esters is 1. The molecule has 4 amide bonds. The van der Waals surface area contributed by atoms with Gasteiger partial charge in [0, 0.05) is 16.8 Å². The van der Waals surface area contributed by atoms with Crippen LogP contribution in [0.5, 0.6) is 0 Å². The minimum Gasteiger partial charge on any atom is -0.455 e. The number of hydrogen-bond donors (Lipinski definition) is 3. The van der Waals surface area contributed by atoms with Crippen molar-refractivity contribution >= 4 is 52.9 Å². The van der Waals surface area contributed by atoms with Gasteiger partial charge in [-0.2, -0.15) is 0 Å². The Bertz CT molecular complexity index is 669. The van der Waals surface area contributed by atoms with E-state index >= 15 is 0 Å². The summed E-state index contributed by atoms with van der Waals surface area (Å²) in [6.07, 6.45) is 0.722. The van der Waals surface area contributed by atoms with Gasteiger partial charge in [-0.25, -0.2) is 4.79 Å². The van der Waals surface area contributed by atoms with Crippen LogP contribution in [0.1, 0.15) is 20.3 Å². The number of benzene rings is 1. The summed E-state index contributed by atoms with van der Waals surface area (Å²) >= 11 is 6.80. The highest BCUT2D eigenvalue weighted by atomic mass is 35.5. The lowest BCUT2D eigenvalue weighted by Crippen LogP contribution is -2.44. The van der Waals surface area contributed by atoms with E-state index in [0.717, 1.165) is 18.2 Å². The van der Waals surface area contributed by atoms with Crippen LogP contribution in [0.4, 0.5) is 10.5 Å². The lowest BCUT2D eigenvalue weighted by molar-refractivity contribution is -0.145. The van der Waals surface area contributed by atoms with Crippen molar-refractivity contribution in [1.29, 1.82) is 0 Å². The molecule has 0 fully saturated rings. The molecule has 10 heteroatoms. The summed E-state index contributed by atoms with van der Waals surface area (Å²) in [4.78, 5) is 46.3. The van der Waals surface area contributed by atoms with Crippen LogP contribution in [0.25, 0.3) is 0 Å². The van der Waals surface area contributed by atoms with E-state index in [-0.39, 0.29) is 23.5 Å². The number of anilines is 1. The Hall–Kier alpha value is -2.26. The minimum absolute atomic E-state index is 0.0429. The van der Waals surface area contributed by atoms with Crippen molar-refractivity contribution in [3.8, 4) is 0 Å². The zero-order valence-corrected chi connectivity index (χ0v) is 16.6. The van der Waals surface area contributed by atoms with Gasteiger partial charge >= 0.3 is 12.0 Å². The Morgan fingerprint density at radius 1 is 1.11 bits per heavy atom. The van der Waals surface area contributed by atoms with Crippen LogP contribution >= 0.6 is 23.4 Å². The molecule has 3 N–H and O–H groups in total. The first kappa shape index (κ1) is 22.8. The topological polar surface area (TPSA) is 114 Å². The summed E-state index contributed by atoms with van der Waals surface area (Å²) in [7, 11) is 0. The molecule has 0 aliphatic heterocycles. The van der Waals surface area contributed by atoms with Crippen molar-refractivity contribution < 1.29 is 23.9 Å². The third kappa shape index (κ3) is 10.5. The van der Waals surface area contributed by atoms with E-state index in [0.29, 0.717) is 10.7 Å². The Morgan fingerprint density at radius 2 is 1.78 bits per heavy atom. The zero-order chi connectivity index (χ0) is 20.2. The highest BCUT2D eigenvalue weighted by Gasteiger charge is 2.13. The maximum Gasteiger partial charge on any atom is 0.321 e. The Labute approximate surface area is 166 Å². The van der Waals surface area contributed by atoms with Gasteiger partial charge in [-0.15, -0.1) is 11.8 Å². The molecule has 0 saturated carbocycles. The zero-order valence-electron chi connectivity index (χ0n) is 15.0. The fourth-order valence-corrected chi connectivity index (χ4v) is 2.41. The monoisotopic (exact) mass is 415 g/mol. The van der Waals surface area contributed by atoms with Crippen LogP contribution in [-0.4, -0.2) is 48.0 Å². The van der Waals surface area contributed by atoms with Crippen molar-refractivity contribution in [2.24, 2.45) is 0 Å². The van der Waals surface area contributed by atoms with Gasteiger partial charge in [0.05, 0.1) is 11.5 Å². The number of nitrogens with one attached hydrogen (secondary N) is 3. The SMILES string of the molecule is CC[C@@H](C)NC(=O)NC(=O)COC(=O)CSCC(=O)Nc1ccc(Cl)cc1. The largest absolute Gasteiger partial charge is 0.455 e. The minimum atomic E-state index is -0.727. The molecule has 27 heavy (non-hydrogen) atoms. The first-order valence-electron chi connectivity index (χ1n) is 8.19. The van der Waals surface area contributed by atoms with Crippen molar-refractivity contribution in [3.63, 3.8) is 0 Å². The molecule has 1 aromatic rings. The smallest absolute Gasteiger partial charge is 0.321 e. The number of rotatable bonds is 9. The summed E-state index contributed by atoms with van der Waals surface area (Å²) in [6.45, 7) is 3.12. The predicted octanol–water partition coefficient (Wildman–Crippen LogP) is 2.18. The molecule has 0 aliphatic carbocycles. The normalized spacial score (nSPS) is 11.2. The predicted molar refractivity (Wildman–Crippen MR) is 105 cm³/mol. The second-order valence-corrected chi connectivity index (χ2v) is 6.96. The number of urea groups is 1. The molecule has 0 unspecified atom stereocenters. The van der Waals surface area contributed by atoms with Crippen LogP contribution in [0.2, 0.25) is 5.02 Å². The fourth-order valence-electron chi connectivity index (χ4n) is 1.67. The number of hydrogen-bond acceptors (Lipinski definition) is 6. The van der Waals surface area contributed by atoms with Crippen LogP contribution in [0.3, 0.4) is 0 Å². The molecular weight excluding hydrogens is 394 g/mol. The van der Waals surface area contributed by atoms with Gasteiger partial charge in [-0.1, -0.05) is 18.5 Å². The molecule has 8 nitrogen and oxygen atoms in total. The van der Waals surface area contributed by atoms with Gasteiger partial charge in [0.25, 0.3) is 5.91 Å².